The Morgan fingerprint density at radius 3 is 2.38 bits per heavy atom. The molecule has 3 heterocycles. The molecule has 1 aromatic carbocycles. The smallest absolute Gasteiger partial charge is 0.274 e. The molecule has 6 heteroatoms. The highest BCUT2D eigenvalue weighted by atomic mass is 16.2. The van der Waals surface area contributed by atoms with Crippen molar-refractivity contribution in [3.8, 4) is 0 Å². The third-order valence-electron chi connectivity index (χ3n) is 4.21. The van der Waals surface area contributed by atoms with Crippen LogP contribution in [-0.4, -0.2) is 51.9 Å². The highest BCUT2D eigenvalue weighted by Crippen LogP contribution is 2.15. The molecule has 3 aromatic rings. The molecule has 1 fully saturated rings. The number of amides is 1. The molecule has 1 saturated heterocycles. The van der Waals surface area contributed by atoms with E-state index in [1.807, 2.05) is 47.4 Å². The Balaban J connectivity index is 1.47. The molecule has 1 aliphatic rings. The van der Waals surface area contributed by atoms with Gasteiger partial charge in [-0.2, -0.15) is 0 Å². The van der Waals surface area contributed by atoms with Gasteiger partial charge in [0.2, 0.25) is 0 Å². The molecule has 1 amide bonds. The SMILES string of the molecule is O=C(c1cnc2ccccc2n1)N1CCN(c2ccccn2)CC1. The Kier molecular flexibility index (Phi) is 3.78. The number of hydrogen-bond acceptors (Lipinski definition) is 5. The van der Waals surface area contributed by atoms with Crippen molar-refractivity contribution >= 4 is 22.8 Å². The van der Waals surface area contributed by atoms with Crippen LogP contribution in [0.4, 0.5) is 5.82 Å². The lowest BCUT2D eigenvalue weighted by Crippen LogP contribution is -2.49. The monoisotopic (exact) mass is 319 g/mol. The molecule has 0 radical (unpaired) electrons. The number of anilines is 1. The van der Waals surface area contributed by atoms with E-state index in [2.05, 4.69) is 19.9 Å². The van der Waals surface area contributed by atoms with Gasteiger partial charge in [-0.15, -0.1) is 0 Å². The minimum Gasteiger partial charge on any atom is -0.353 e. The van der Waals surface area contributed by atoms with Gasteiger partial charge in [0.1, 0.15) is 11.5 Å². The highest BCUT2D eigenvalue weighted by Gasteiger charge is 2.23. The molecule has 24 heavy (non-hydrogen) atoms. The summed E-state index contributed by atoms with van der Waals surface area (Å²) in [6.07, 6.45) is 3.35. The number of para-hydroxylation sites is 2. The summed E-state index contributed by atoms with van der Waals surface area (Å²) in [6.45, 7) is 2.85. The number of carbonyl (C=O) groups is 1. The first kappa shape index (κ1) is 14.6. The molecule has 0 bridgehead atoms. The first-order valence-corrected chi connectivity index (χ1v) is 7.98. The lowest BCUT2D eigenvalue weighted by Gasteiger charge is -2.35. The molecule has 0 spiro atoms. The molecule has 0 saturated carbocycles. The summed E-state index contributed by atoms with van der Waals surface area (Å²) in [6, 6.07) is 13.4. The van der Waals surface area contributed by atoms with Gasteiger partial charge < -0.3 is 9.80 Å². The Bertz CT molecular complexity index is 859. The Hall–Kier alpha value is -3.02. The summed E-state index contributed by atoms with van der Waals surface area (Å²) < 4.78 is 0. The number of fused-ring (bicyclic) bond motifs is 1. The van der Waals surface area contributed by atoms with Crippen LogP contribution >= 0.6 is 0 Å². The second-order valence-electron chi connectivity index (χ2n) is 5.71. The van der Waals surface area contributed by atoms with E-state index in [1.54, 1.807) is 12.4 Å². The normalized spacial score (nSPS) is 14.8. The topological polar surface area (TPSA) is 62.2 Å². The van der Waals surface area contributed by atoms with Crippen molar-refractivity contribution in [2.24, 2.45) is 0 Å². The van der Waals surface area contributed by atoms with Crippen molar-refractivity contribution in [2.45, 2.75) is 0 Å². The predicted molar refractivity (Wildman–Crippen MR) is 91.9 cm³/mol. The predicted octanol–water partition coefficient (Wildman–Crippen LogP) is 1.99. The van der Waals surface area contributed by atoms with Crippen LogP contribution in [0.3, 0.4) is 0 Å². The molecule has 0 unspecified atom stereocenters. The molecular formula is C18H17N5O. The maximum absolute atomic E-state index is 12.7. The van der Waals surface area contributed by atoms with Gasteiger partial charge >= 0.3 is 0 Å². The molecule has 120 valence electrons. The molecule has 2 aromatic heterocycles. The average molecular weight is 319 g/mol. The second-order valence-corrected chi connectivity index (χ2v) is 5.71. The first-order valence-electron chi connectivity index (χ1n) is 7.98. The zero-order valence-electron chi connectivity index (χ0n) is 13.2. The zero-order valence-corrected chi connectivity index (χ0v) is 13.2. The Morgan fingerprint density at radius 1 is 0.875 bits per heavy atom. The standard InChI is InChI=1S/C18H17N5O/c24-18(16-13-20-14-5-1-2-6-15(14)21-16)23-11-9-22(10-12-23)17-7-3-4-8-19-17/h1-8,13H,9-12H2. The number of benzene rings is 1. The Labute approximate surface area is 139 Å². The van der Waals surface area contributed by atoms with Crippen LogP contribution in [0.1, 0.15) is 10.5 Å². The van der Waals surface area contributed by atoms with Gasteiger partial charge in [0, 0.05) is 32.4 Å². The van der Waals surface area contributed by atoms with Crippen LogP contribution in [0.5, 0.6) is 0 Å². The van der Waals surface area contributed by atoms with Crippen molar-refractivity contribution in [3.63, 3.8) is 0 Å². The number of carbonyl (C=O) groups excluding carboxylic acids is 1. The lowest BCUT2D eigenvalue weighted by molar-refractivity contribution is 0.0740. The van der Waals surface area contributed by atoms with Crippen molar-refractivity contribution in [2.75, 3.05) is 31.1 Å². The lowest BCUT2D eigenvalue weighted by atomic mass is 10.2. The molecule has 1 aliphatic heterocycles. The summed E-state index contributed by atoms with van der Waals surface area (Å²) in [5.74, 6) is 0.893. The van der Waals surface area contributed by atoms with E-state index in [4.69, 9.17) is 0 Å². The van der Waals surface area contributed by atoms with Gasteiger partial charge in [0.05, 0.1) is 17.2 Å². The maximum atomic E-state index is 12.7. The summed E-state index contributed by atoms with van der Waals surface area (Å²) >= 11 is 0. The fourth-order valence-corrected chi connectivity index (χ4v) is 2.90. The van der Waals surface area contributed by atoms with Crippen LogP contribution in [0.2, 0.25) is 0 Å². The van der Waals surface area contributed by atoms with Crippen LogP contribution < -0.4 is 4.90 Å². The average Bonchev–Trinajstić information content (AvgIpc) is 2.68. The highest BCUT2D eigenvalue weighted by molar-refractivity contribution is 5.94. The zero-order chi connectivity index (χ0) is 16.4. The van der Waals surface area contributed by atoms with Gasteiger partial charge in [0.25, 0.3) is 5.91 Å². The van der Waals surface area contributed by atoms with Crippen LogP contribution in [0.25, 0.3) is 11.0 Å². The van der Waals surface area contributed by atoms with Crippen LogP contribution in [0, 0.1) is 0 Å². The molecular weight excluding hydrogens is 302 g/mol. The molecule has 0 atom stereocenters. The van der Waals surface area contributed by atoms with E-state index < -0.39 is 0 Å². The first-order chi connectivity index (χ1) is 11.8. The Morgan fingerprint density at radius 2 is 1.62 bits per heavy atom. The number of rotatable bonds is 2. The molecule has 6 nitrogen and oxygen atoms in total. The largest absolute Gasteiger partial charge is 0.353 e. The summed E-state index contributed by atoms with van der Waals surface area (Å²) in [4.78, 5) is 29.8. The van der Waals surface area contributed by atoms with Gasteiger partial charge in [-0.05, 0) is 24.3 Å². The molecule has 0 aliphatic carbocycles. The van der Waals surface area contributed by atoms with Gasteiger partial charge in [-0.3, -0.25) is 9.78 Å². The molecule has 0 N–H and O–H groups in total. The van der Waals surface area contributed by atoms with E-state index in [0.717, 1.165) is 29.9 Å². The summed E-state index contributed by atoms with van der Waals surface area (Å²) in [7, 11) is 0. The van der Waals surface area contributed by atoms with E-state index in [-0.39, 0.29) is 5.91 Å². The minimum absolute atomic E-state index is 0.0612. The van der Waals surface area contributed by atoms with E-state index >= 15 is 0 Å². The van der Waals surface area contributed by atoms with Gasteiger partial charge in [-0.1, -0.05) is 18.2 Å². The van der Waals surface area contributed by atoms with E-state index in [1.165, 1.54) is 0 Å². The number of nitrogens with zero attached hydrogens (tertiary/aromatic N) is 5. The number of aromatic nitrogens is 3. The van der Waals surface area contributed by atoms with Crippen molar-refractivity contribution in [1.29, 1.82) is 0 Å². The fourth-order valence-electron chi connectivity index (χ4n) is 2.90. The third kappa shape index (κ3) is 2.78. The van der Waals surface area contributed by atoms with Crippen molar-refractivity contribution in [3.05, 3.63) is 60.6 Å². The third-order valence-corrected chi connectivity index (χ3v) is 4.21. The quantitative estimate of drug-likeness (QED) is 0.723. The summed E-state index contributed by atoms with van der Waals surface area (Å²) in [5.41, 5.74) is 1.95. The minimum atomic E-state index is -0.0612. The number of piperazine rings is 1. The van der Waals surface area contributed by atoms with Crippen molar-refractivity contribution < 1.29 is 4.79 Å². The fraction of sp³-hybridized carbons (Fsp3) is 0.222. The summed E-state index contributed by atoms with van der Waals surface area (Å²) in [5, 5.41) is 0. The van der Waals surface area contributed by atoms with E-state index in [9.17, 15) is 4.79 Å². The van der Waals surface area contributed by atoms with Crippen LogP contribution in [0.15, 0.2) is 54.9 Å². The number of pyridine rings is 1. The second kappa shape index (κ2) is 6.23. The van der Waals surface area contributed by atoms with Crippen molar-refractivity contribution in [1.82, 2.24) is 19.9 Å². The maximum Gasteiger partial charge on any atom is 0.274 e. The van der Waals surface area contributed by atoms with Gasteiger partial charge in [0.15, 0.2) is 0 Å². The van der Waals surface area contributed by atoms with Gasteiger partial charge in [-0.25, -0.2) is 9.97 Å². The van der Waals surface area contributed by atoms with E-state index in [0.29, 0.717) is 18.8 Å². The molecule has 4 rings (SSSR count). The van der Waals surface area contributed by atoms with Crippen LogP contribution in [-0.2, 0) is 0 Å². The number of hydrogen-bond donors (Lipinski definition) is 0.